The van der Waals surface area contributed by atoms with E-state index in [1.807, 2.05) is 0 Å². The molecule has 96 valence electrons. The quantitative estimate of drug-likeness (QED) is 0.769. The number of hydrogen-bond acceptors (Lipinski definition) is 2. The van der Waals surface area contributed by atoms with Crippen LogP contribution < -0.4 is 10.6 Å². The Morgan fingerprint density at radius 3 is 2.71 bits per heavy atom. The molecule has 0 spiro atoms. The average Bonchev–Trinajstić information content (AvgIpc) is 3.08. The number of carbonyl (C=O) groups is 2. The predicted octanol–water partition coefficient (Wildman–Crippen LogP) is 1.06. The number of nitrogens with one attached hydrogen (secondary N) is 2. The third-order valence-corrected chi connectivity index (χ3v) is 4.37. The van der Waals surface area contributed by atoms with Crippen LogP contribution in [0.4, 0.5) is 0 Å². The first-order chi connectivity index (χ1) is 8.03. The lowest BCUT2D eigenvalue weighted by Crippen LogP contribution is -2.44. The SMILES string of the molecule is CC(C)C1(CNC(=O)C2CCC(=O)NC2)CC1. The van der Waals surface area contributed by atoms with Gasteiger partial charge in [-0.25, -0.2) is 0 Å². The summed E-state index contributed by atoms with van der Waals surface area (Å²) in [6, 6.07) is 0. The van der Waals surface area contributed by atoms with Crippen molar-refractivity contribution < 1.29 is 9.59 Å². The fourth-order valence-corrected chi connectivity index (χ4v) is 2.48. The molecule has 1 heterocycles. The molecule has 17 heavy (non-hydrogen) atoms. The van der Waals surface area contributed by atoms with Gasteiger partial charge in [0.05, 0.1) is 5.92 Å². The van der Waals surface area contributed by atoms with E-state index in [0.717, 1.165) is 6.54 Å². The zero-order valence-electron chi connectivity index (χ0n) is 10.7. The molecule has 4 heteroatoms. The lowest BCUT2D eigenvalue weighted by Gasteiger charge is -2.24. The van der Waals surface area contributed by atoms with Crippen molar-refractivity contribution in [3.63, 3.8) is 0 Å². The van der Waals surface area contributed by atoms with E-state index in [9.17, 15) is 9.59 Å². The maximum atomic E-state index is 11.9. The predicted molar refractivity (Wildman–Crippen MR) is 65.2 cm³/mol. The Morgan fingerprint density at radius 1 is 1.53 bits per heavy atom. The zero-order valence-corrected chi connectivity index (χ0v) is 10.7. The number of amides is 2. The topological polar surface area (TPSA) is 58.2 Å². The lowest BCUT2D eigenvalue weighted by molar-refractivity contribution is -0.129. The third kappa shape index (κ3) is 2.79. The van der Waals surface area contributed by atoms with Crippen LogP contribution in [-0.4, -0.2) is 24.9 Å². The van der Waals surface area contributed by atoms with E-state index < -0.39 is 0 Å². The van der Waals surface area contributed by atoms with E-state index >= 15 is 0 Å². The van der Waals surface area contributed by atoms with Crippen LogP contribution in [0.3, 0.4) is 0 Å². The molecule has 2 fully saturated rings. The highest BCUT2D eigenvalue weighted by Crippen LogP contribution is 2.51. The van der Waals surface area contributed by atoms with E-state index in [-0.39, 0.29) is 17.7 Å². The average molecular weight is 238 g/mol. The Bertz CT molecular complexity index is 311. The van der Waals surface area contributed by atoms with Crippen LogP contribution in [0.1, 0.15) is 39.5 Å². The largest absolute Gasteiger partial charge is 0.355 e. The Morgan fingerprint density at radius 2 is 2.24 bits per heavy atom. The molecule has 4 nitrogen and oxygen atoms in total. The molecule has 1 unspecified atom stereocenters. The minimum absolute atomic E-state index is 0.0318. The second-order valence-corrected chi connectivity index (χ2v) is 5.77. The van der Waals surface area contributed by atoms with E-state index in [2.05, 4.69) is 24.5 Å². The van der Waals surface area contributed by atoms with E-state index in [4.69, 9.17) is 0 Å². The Kier molecular flexibility index (Phi) is 3.40. The van der Waals surface area contributed by atoms with Crippen molar-refractivity contribution in [1.29, 1.82) is 0 Å². The van der Waals surface area contributed by atoms with Gasteiger partial charge in [0.25, 0.3) is 0 Å². The Labute approximate surface area is 103 Å². The molecule has 1 saturated carbocycles. The molecule has 0 aromatic rings. The van der Waals surface area contributed by atoms with Gasteiger partial charge in [0.1, 0.15) is 0 Å². The van der Waals surface area contributed by atoms with Gasteiger partial charge in [0, 0.05) is 19.5 Å². The van der Waals surface area contributed by atoms with Gasteiger partial charge in [-0.05, 0) is 30.6 Å². The molecule has 1 saturated heterocycles. The molecule has 0 radical (unpaired) electrons. The first-order valence-corrected chi connectivity index (χ1v) is 6.58. The summed E-state index contributed by atoms with van der Waals surface area (Å²) >= 11 is 0. The van der Waals surface area contributed by atoms with E-state index in [1.165, 1.54) is 12.8 Å². The molecule has 2 aliphatic rings. The molecule has 2 rings (SSSR count). The number of rotatable bonds is 4. The Balaban J connectivity index is 1.76. The number of hydrogen-bond donors (Lipinski definition) is 2. The van der Waals surface area contributed by atoms with Crippen LogP contribution in [-0.2, 0) is 9.59 Å². The first-order valence-electron chi connectivity index (χ1n) is 6.58. The van der Waals surface area contributed by atoms with Gasteiger partial charge in [0.2, 0.25) is 11.8 Å². The Hall–Kier alpha value is -1.06. The normalized spacial score (nSPS) is 26.5. The van der Waals surface area contributed by atoms with Gasteiger partial charge >= 0.3 is 0 Å². The van der Waals surface area contributed by atoms with Crippen LogP contribution in [0.15, 0.2) is 0 Å². The molecule has 2 amide bonds. The smallest absolute Gasteiger partial charge is 0.224 e. The molecular formula is C13H22N2O2. The van der Waals surface area contributed by atoms with Crippen molar-refractivity contribution in [2.24, 2.45) is 17.3 Å². The summed E-state index contributed by atoms with van der Waals surface area (Å²) in [5.74, 6) is 0.774. The molecule has 0 aromatic heterocycles. The van der Waals surface area contributed by atoms with Gasteiger partial charge < -0.3 is 10.6 Å². The molecule has 1 aliphatic carbocycles. The van der Waals surface area contributed by atoms with Crippen molar-refractivity contribution in [1.82, 2.24) is 10.6 Å². The van der Waals surface area contributed by atoms with Crippen LogP contribution in [0.2, 0.25) is 0 Å². The van der Waals surface area contributed by atoms with E-state index in [0.29, 0.717) is 30.7 Å². The van der Waals surface area contributed by atoms with Crippen molar-refractivity contribution >= 4 is 11.8 Å². The molecule has 0 aromatic carbocycles. The molecule has 1 atom stereocenters. The van der Waals surface area contributed by atoms with Crippen molar-refractivity contribution in [3.8, 4) is 0 Å². The summed E-state index contributed by atoms with van der Waals surface area (Å²) in [4.78, 5) is 22.9. The zero-order chi connectivity index (χ0) is 12.5. The second kappa shape index (κ2) is 4.67. The van der Waals surface area contributed by atoms with Gasteiger partial charge in [-0.2, -0.15) is 0 Å². The summed E-state index contributed by atoms with van der Waals surface area (Å²) < 4.78 is 0. The van der Waals surface area contributed by atoms with Crippen LogP contribution in [0, 0.1) is 17.3 Å². The first kappa shape index (κ1) is 12.4. The molecular weight excluding hydrogens is 216 g/mol. The highest BCUT2D eigenvalue weighted by atomic mass is 16.2. The van der Waals surface area contributed by atoms with Gasteiger partial charge in [0.15, 0.2) is 0 Å². The van der Waals surface area contributed by atoms with Crippen molar-refractivity contribution in [2.75, 3.05) is 13.1 Å². The van der Waals surface area contributed by atoms with Crippen LogP contribution in [0.5, 0.6) is 0 Å². The van der Waals surface area contributed by atoms with Crippen LogP contribution in [0.25, 0.3) is 0 Å². The van der Waals surface area contributed by atoms with Crippen LogP contribution >= 0.6 is 0 Å². The minimum Gasteiger partial charge on any atom is -0.355 e. The van der Waals surface area contributed by atoms with Gasteiger partial charge in [-0.3, -0.25) is 9.59 Å². The van der Waals surface area contributed by atoms with Gasteiger partial charge in [-0.1, -0.05) is 13.8 Å². The molecule has 1 aliphatic heterocycles. The maximum absolute atomic E-state index is 11.9. The van der Waals surface area contributed by atoms with E-state index in [1.54, 1.807) is 0 Å². The van der Waals surface area contributed by atoms with Crippen molar-refractivity contribution in [2.45, 2.75) is 39.5 Å². The summed E-state index contributed by atoms with van der Waals surface area (Å²) in [6.45, 7) is 5.74. The second-order valence-electron chi connectivity index (χ2n) is 5.77. The summed E-state index contributed by atoms with van der Waals surface area (Å²) in [6.07, 6.45) is 3.62. The molecule has 0 bridgehead atoms. The summed E-state index contributed by atoms with van der Waals surface area (Å²) in [5, 5.41) is 5.81. The summed E-state index contributed by atoms with van der Waals surface area (Å²) in [5.41, 5.74) is 0.355. The lowest BCUT2D eigenvalue weighted by atomic mass is 9.91. The maximum Gasteiger partial charge on any atom is 0.224 e. The molecule has 2 N–H and O–H groups in total. The fraction of sp³-hybridized carbons (Fsp3) is 0.846. The summed E-state index contributed by atoms with van der Waals surface area (Å²) in [7, 11) is 0. The highest BCUT2D eigenvalue weighted by molar-refractivity contribution is 5.83. The minimum atomic E-state index is -0.0318. The number of piperidine rings is 1. The fourth-order valence-electron chi connectivity index (χ4n) is 2.48. The van der Waals surface area contributed by atoms with Crippen molar-refractivity contribution in [3.05, 3.63) is 0 Å². The standard InChI is InChI=1S/C13H22N2O2/c1-9(2)13(5-6-13)8-15-12(17)10-3-4-11(16)14-7-10/h9-10H,3-8H2,1-2H3,(H,14,16)(H,15,17). The monoisotopic (exact) mass is 238 g/mol. The highest BCUT2D eigenvalue weighted by Gasteiger charge is 2.45. The van der Waals surface area contributed by atoms with Gasteiger partial charge in [-0.15, -0.1) is 0 Å². The third-order valence-electron chi connectivity index (χ3n) is 4.37. The number of carbonyl (C=O) groups excluding carboxylic acids is 2.